The highest BCUT2D eigenvalue weighted by Crippen LogP contribution is 2.18. The fraction of sp³-hybridized carbons (Fsp3) is 0.600. The van der Waals surface area contributed by atoms with Gasteiger partial charge in [-0.3, -0.25) is 9.48 Å². The number of ketones is 1. The standard InChI is InChI=1S/C10H15BrN2OS/c1-7(2)5-15-6-9(14)10-8(11)4-12-13(10)3/h4,7H,5-6H2,1-3H3. The van der Waals surface area contributed by atoms with Crippen LogP contribution >= 0.6 is 27.7 Å². The average Bonchev–Trinajstić information content (AvgIpc) is 2.45. The maximum absolute atomic E-state index is 11.8. The Bertz CT molecular complexity index is 330. The molecule has 0 aliphatic rings. The van der Waals surface area contributed by atoms with Crippen LogP contribution in [-0.2, 0) is 7.05 Å². The second-order valence-corrected chi connectivity index (χ2v) is 5.68. The van der Waals surface area contributed by atoms with Crippen LogP contribution in [0.5, 0.6) is 0 Å². The van der Waals surface area contributed by atoms with Crippen molar-refractivity contribution in [3.8, 4) is 0 Å². The summed E-state index contributed by atoms with van der Waals surface area (Å²) in [6.07, 6.45) is 1.65. The summed E-state index contributed by atoms with van der Waals surface area (Å²) >= 11 is 5.00. The van der Waals surface area contributed by atoms with Gasteiger partial charge in [0.2, 0.25) is 0 Å². The lowest BCUT2D eigenvalue weighted by Gasteiger charge is -2.04. The number of aromatic nitrogens is 2. The normalized spacial score (nSPS) is 11.0. The quantitative estimate of drug-likeness (QED) is 0.782. The third-order valence-electron chi connectivity index (χ3n) is 1.84. The van der Waals surface area contributed by atoms with Crippen LogP contribution in [0, 0.1) is 5.92 Å². The van der Waals surface area contributed by atoms with Gasteiger partial charge in [0.15, 0.2) is 5.78 Å². The van der Waals surface area contributed by atoms with Gasteiger partial charge in [-0.15, -0.1) is 0 Å². The zero-order valence-corrected chi connectivity index (χ0v) is 11.6. The average molecular weight is 291 g/mol. The van der Waals surface area contributed by atoms with E-state index >= 15 is 0 Å². The smallest absolute Gasteiger partial charge is 0.191 e. The molecule has 84 valence electrons. The number of Topliss-reactive ketones (excluding diaryl/α,β-unsaturated/α-hetero) is 1. The van der Waals surface area contributed by atoms with Crippen LogP contribution in [0.1, 0.15) is 24.3 Å². The van der Waals surface area contributed by atoms with E-state index in [1.807, 2.05) is 0 Å². The zero-order valence-electron chi connectivity index (χ0n) is 9.16. The third kappa shape index (κ3) is 3.65. The summed E-state index contributed by atoms with van der Waals surface area (Å²) in [5.74, 6) is 2.29. The Morgan fingerprint density at radius 1 is 1.67 bits per heavy atom. The van der Waals surface area contributed by atoms with Gasteiger partial charge in [0.05, 0.1) is 16.4 Å². The summed E-state index contributed by atoms with van der Waals surface area (Å²) in [6.45, 7) is 4.30. The van der Waals surface area contributed by atoms with Crippen molar-refractivity contribution >= 4 is 33.5 Å². The summed E-state index contributed by atoms with van der Waals surface area (Å²) in [6, 6.07) is 0. The molecule has 0 unspecified atom stereocenters. The summed E-state index contributed by atoms with van der Waals surface area (Å²) in [7, 11) is 1.78. The van der Waals surface area contributed by atoms with E-state index in [2.05, 4.69) is 34.9 Å². The SMILES string of the molecule is CC(C)CSCC(=O)c1c(Br)cnn1C. The first-order chi connectivity index (χ1) is 7.02. The molecule has 3 nitrogen and oxygen atoms in total. The van der Waals surface area contributed by atoms with E-state index in [1.165, 1.54) is 0 Å². The minimum absolute atomic E-state index is 0.132. The Kier molecular flexibility index (Phi) is 4.86. The molecule has 1 heterocycles. The topological polar surface area (TPSA) is 34.9 Å². The van der Waals surface area contributed by atoms with E-state index in [9.17, 15) is 4.79 Å². The second-order valence-electron chi connectivity index (χ2n) is 3.80. The van der Waals surface area contributed by atoms with Crippen molar-refractivity contribution in [3.05, 3.63) is 16.4 Å². The van der Waals surface area contributed by atoms with Gasteiger partial charge in [-0.05, 0) is 27.6 Å². The summed E-state index contributed by atoms with van der Waals surface area (Å²) in [5, 5.41) is 4.02. The molecule has 0 spiro atoms. The summed E-state index contributed by atoms with van der Waals surface area (Å²) < 4.78 is 2.39. The predicted octanol–water partition coefficient (Wildman–Crippen LogP) is 2.75. The van der Waals surface area contributed by atoms with Crippen molar-refractivity contribution < 1.29 is 4.79 Å². The molecular formula is C10H15BrN2OS. The number of nitrogens with zero attached hydrogens (tertiary/aromatic N) is 2. The molecule has 0 aliphatic heterocycles. The minimum Gasteiger partial charge on any atom is -0.291 e. The van der Waals surface area contributed by atoms with E-state index in [0.29, 0.717) is 17.4 Å². The Morgan fingerprint density at radius 2 is 2.33 bits per heavy atom. The first-order valence-corrected chi connectivity index (χ1v) is 6.75. The highest BCUT2D eigenvalue weighted by molar-refractivity contribution is 9.10. The number of hydrogen-bond donors (Lipinski definition) is 0. The second kappa shape index (κ2) is 5.70. The molecule has 0 N–H and O–H groups in total. The maximum Gasteiger partial charge on any atom is 0.191 e. The van der Waals surface area contributed by atoms with Gasteiger partial charge in [0.25, 0.3) is 0 Å². The molecule has 5 heteroatoms. The lowest BCUT2D eigenvalue weighted by Crippen LogP contribution is -2.10. The van der Waals surface area contributed by atoms with Crippen molar-refractivity contribution in [1.82, 2.24) is 9.78 Å². The first kappa shape index (κ1) is 12.8. The van der Waals surface area contributed by atoms with Crippen molar-refractivity contribution in [1.29, 1.82) is 0 Å². The molecule has 1 rings (SSSR count). The molecule has 0 radical (unpaired) electrons. The molecule has 0 saturated heterocycles. The van der Waals surface area contributed by atoms with Gasteiger partial charge in [-0.2, -0.15) is 16.9 Å². The van der Waals surface area contributed by atoms with Crippen molar-refractivity contribution in [2.24, 2.45) is 13.0 Å². The van der Waals surface area contributed by atoms with E-state index in [1.54, 1.807) is 29.7 Å². The van der Waals surface area contributed by atoms with E-state index in [4.69, 9.17) is 0 Å². The van der Waals surface area contributed by atoms with Crippen molar-refractivity contribution in [3.63, 3.8) is 0 Å². The number of carbonyl (C=O) groups excluding carboxylic acids is 1. The van der Waals surface area contributed by atoms with Crippen LogP contribution in [0.3, 0.4) is 0 Å². The van der Waals surface area contributed by atoms with Crippen LogP contribution < -0.4 is 0 Å². The van der Waals surface area contributed by atoms with Gasteiger partial charge in [0, 0.05) is 7.05 Å². The molecular weight excluding hydrogens is 276 g/mol. The largest absolute Gasteiger partial charge is 0.291 e. The fourth-order valence-corrected chi connectivity index (χ4v) is 2.66. The predicted molar refractivity (Wildman–Crippen MR) is 67.4 cm³/mol. The number of halogens is 1. The highest BCUT2D eigenvalue weighted by atomic mass is 79.9. The van der Waals surface area contributed by atoms with Gasteiger partial charge >= 0.3 is 0 Å². The minimum atomic E-state index is 0.132. The Morgan fingerprint density at radius 3 is 2.80 bits per heavy atom. The maximum atomic E-state index is 11.8. The molecule has 0 saturated carbocycles. The number of thioether (sulfide) groups is 1. The monoisotopic (exact) mass is 290 g/mol. The van der Waals surface area contributed by atoms with E-state index < -0.39 is 0 Å². The van der Waals surface area contributed by atoms with Gasteiger partial charge in [0.1, 0.15) is 5.69 Å². The number of aryl methyl sites for hydroxylation is 1. The third-order valence-corrected chi connectivity index (χ3v) is 3.79. The Labute approximate surface area is 103 Å². The van der Waals surface area contributed by atoms with Crippen molar-refractivity contribution in [2.75, 3.05) is 11.5 Å². The van der Waals surface area contributed by atoms with Crippen LogP contribution in [0.2, 0.25) is 0 Å². The number of carbonyl (C=O) groups is 1. The van der Waals surface area contributed by atoms with Crippen LogP contribution in [0.25, 0.3) is 0 Å². The zero-order chi connectivity index (χ0) is 11.4. The lowest BCUT2D eigenvalue weighted by atomic mass is 10.3. The van der Waals surface area contributed by atoms with Crippen LogP contribution in [-0.4, -0.2) is 27.1 Å². The molecule has 0 aliphatic carbocycles. The van der Waals surface area contributed by atoms with Crippen molar-refractivity contribution in [2.45, 2.75) is 13.8 Å². The lowest BCUT2D eigenvalue weighted by molar-refractivity contribution is 0.101. The fourth-order valence-electron chi connectivity index (χ4n) is 1.18. The van der Waals surface area contributed by atoms with Crippen LogP contribution in [0.15, 0.2) is 10.7 Å². The van der Waals surface area contributed by atoms with E-state index in [-0.39, 0.29) is 5.78 Å². The summed E-state index contributed by atoms with van der Waals surface area (Å²) in [4.78, 5) is 11.8. The highest BCUT2D eigenvalue weighted by Gasteiger charge is 2.14. The molecule has 0 fully saturated rings. The molecule has 0 bridgehead atoms. The molecule has 1 aromatic rings. The molecule has 15 heavy (non-hydrogen) atoms. The van der Waals surface area contributed by atoms with Crippen LogP contribution in [0.4, 0.5) is 0 Å². The number of hydrogen-bond acceptors (Lipinski definition) is 3. The first-order valence-electron chi connectivity index (χ1n) is 4.80. The molecule has 1 aromatic heterocycles. The molecule has 0 amide bonds. The van der Waals surface area contributed by atoms with Gasteiger partial charge in [-0.1, -0.05) is 13.8 Å². The Hall–Kier alpha value is -0.290. The summed E-state index contributed by atoms with van der Waals surface area (Å²) in [5.41, 5.74) is 0.659. The Balaban J connectivity index is 2.54. The number of rotatable bonds is 5. The van der Waals surface area contributed by atoms with Gasteiger partial charge < -0.3 is 0 Å². The molecule has 0 atom stereocenters. The molecule has 0 aromatic carbocycles. The van der Waals surface area contributed by atoms with E-state index in [0.717, 1.165) is 10.2 Å². The van der Waals surface area contributed by atoms with Gasteiger partial charge in [-0.25, -0.2) is 0 Å².